The van der Waals surface area contributed by atoms with Crippen molar-refractivity contribution in [2.75, 3.05) is 25.0 Å². The van der Waals surface area contributed by atoms with Crippen LogP contribution in [0.4, 0.5) is 23.8 Å². The molecule has 2 aliphatic rings. The first-order valence-electron chi connectivity index (χ1n) is 13.8. The molecule has 3 aromatic rings. The highest BCUT2D eigenvalue weighted by Gasteiger charge is 2.35. The van der Waals surface area contributed by atoms with Crippen molar-refractivity contribution >= 4 is 28.7 Å². The number of hydrogen-bond acceptors (Lipinski definition) is 5. The lowest BCUT2D eigenvalue weighted by atomic mass is 9.80. The smallest absolute Gasteiger partial charge is 0.359 e. The van der Waals surface area contributed by atoms with Gasteiger partial charge in [0.05, 0.1) is 23.7 Å². The highest BCUT2D eigenvalue weighted by atomic mass is 19.4. The Labute approximate surface area is 231 Å². The highest BCUT2D eigenvalue weighted by molar-refractivity contribution is 5.98. The van der Waals surface area contributed by atoms with E-state index in [0.29, 0.717) is 12.0 Å². The molecule has 1 saturated heterocycles. The quantitative estimate of drug-likeness (QED) is 0.383. The van der Waals surface area contributed by atoms with Gasteiger partial charge in [0.2, 0.25) is 5.91 Å². The van der Waals surface area contributed by atoms with Crippen LogP contribution in [-0.2, 0) is 11.0 Å². The lowest BCUT2D eigenvalue weighted by Crippen LogP contribution is -2.63. The molecule has 2 amide bonds. The third-order valence-electron chi connectivity index (χ3n) is 7.79. The molecule has 11 heteroatoms. The van der Waals surface area contributed by atoms with Gasteiger partial charge in [-0.2, -0.15) is 17.9 Å². The number of carbonyl (C=O) groups excluding carboxylic acids is 2. The fourth-order valence-electron chi connectivity index (χ4n) is 5.73. The lowest BCUT2D eigenvalue weighted by Gasteiger charge is -2.46. The van der Waals surface area contributed by atoms with Gasteiger partial charge in [-0.05, 0) is 69.2 Å². The summed E-state index contributed by atoms with van der Waals surface area (Å²) in [6.45, 7) is 4.94. The van der Waals surface area contributed by atoms with E-state index in [9.17, 15) is 22.8 Å². The van der Waals surface area contributed by atoms with Crippen LogP contribution in [0.25, 0.3) is 10.9 Å². The van der Waals surface area contributed by atoms with E-state index in [0.717, 1.165) is 55.6 Å². The number of nitrogens with zero attached hydrogens (tertiary/aromatic N) is 3. The molecular weight excluding hydrogens is 521 g/mol. The molecule has 1 saturated carbocycles. The number of nitrogens with one attached hydrogen (secondary N) is 3. The summed E-state index contributed by atoms with van der Waals surface area (Å²) in [4.78, 5) is 27.7. The average molecular weight is 557 g/mol. The molecule has 1 aliphatic carbocycles. The van der Waals surface area contributed by atoms with Gasteiger partial charge in [-0.3, -0.25) is 9.69 Å². The van der Waals surface area contributed by atoms with Crippen molar-refractivity contribution in [2.45, 2.75) is 69.8 Å². The van der Waals surface area contributed by atoms with Crippen molar-refractivity contribution in [2.24, 2.45) is 0 Å². The minimum absolute atomic E-state index is 0.0316. The van der Waals surface area contributed by atoms with Crippen LogP contribution < -0.4 is 16.0 Å². The van der Waals surface area contributed by atoms with Crippen molar-refractivity contribution in [3.8, 4) is 0 Å². The van der Waals surface area contributed by atoms with Crippen LogP contribution in [0.2, 0.25) is 0 Å². The SMILES string of the molecule is CC(C)NC(=O)n1nc(NCC(=O)NC2CN([C@H]3CC[C@@H](c4ccccc4)CC3)C2)c2cc(C(F)(F)F)ccc21. The Hall–Kier alpha value is -3.60. The third kappa shape index (κ3) is 6.24. The summed E-state index contributed by atoms with van der Waals surface area (Å²) >= 11 is 0. The normalized spacial score (nSPS) is 20.4. The van der Waals surface area contributed by atoms with Crippen molar-refractivity contribution in [3.63, 3.8) is 0 Å². The van der Waals surface area contributed by atoms with Gasteiger partial charge in [0.25, 0.3) is 0 Å². The minimum Gasteiger partial charge on any atom is -0.359 e. The Bertz CT molecular complexity index is 1340. The summed E-state index contributed by atoms with van der Waals surface area (Å²) in [6.07, 6.45) is 0.0571. The highest BCUT2D eigenvalue weighted by Crippen LogP contribution is 2.36. The molecule has 40 heavy (non-hydrogen) atoms. The topological polar surface area (TPSA) is 91.3 Å². The van der Waals surface area contributed by atoms with E-state index in [4.69, 9.17) is 0 Å². The van der Waals surface area contributed by atoms with Crippen molar-refractivity contribution < 1.29 is 22.8 Å². The van der Waals surface area contributed by atoms with Crippen LogP contribution >= 0.6 is 0 Å². The number of halogens is 3. The Kier molecular flexibility index (Phi) is 8.02. The summed E-state index contributed by atoms with van der Waals surface area (Å²) in [7, 11) is 0. The molecule has 3 N–H and O–H groups in total. The molecule has 1 aromatic heterocycles. The second-order valence-corrected chi connectivity index (χ2v) is 11.1. The predicted molar refractivity (Wildman–Crippen MR) is 147 cm³/mol. The first kappa shape index (κ1) is 27.9. The van der Waals surface area contributed by atoms with E-state index in [-0.39, 0.29) is 41.3 Å². The summed E-state index contributed by atoms with van der Waals surface area (Å²) < 4.78 is 41.1. The van der Waals surface area contributed by atoms with E-state index in [1.165, 1.54) is 11.6 Å². The molecule has 8 nitrogen and oxygen atoms in total. The monoisotopic (exact) mass is 556 g/mol. The molecule has 1 aliphatic heterocycles. The number of hydrogen-bond donors (Lipinski definition) is 3. The van der Waals surface area contributed by atoms with Crippen LogP contribution in [0, 0.1) is 0 Å². The second-order valence-electron chi connectivity index (χ2n) is 11.1. The number of alkyl halides is 3. The van der Waals surface area contributed by atoms with Gasteiger partial charge >= 0.3 is 12.2 Å². The van der Waals surface area contributed by atoms with Crippen LogP contribution in [0.3, 0.4) is 0 Å². The van der Waals surface area contributed by atoms with Crippen LogP contribution in [-0.4, -0.2) is 64.4 Å². The van der Waals surface area contributed by atoms with E-state index in [1.807, 2.05) is 6.07 Å². The van der Waals surface area contributed by atoms with Crippen molar-refractivity contribution in [1.82, 2.24) is 25.3 Å². The number of benzene rings is 2. The molecular formula is C29H35F3N6O2. The van der Waals surface area contributed by atoms with Crippen LogP contribution in [0.1, 0.15) is 56.6 Å². The summed E-state index contributed by atoms with van der Waals surface area (Å²) in [5.74, 6) is 0.378. The number of rotatable bonds is 7. The maximum absolute atomic E-state index is 13.4. The zero-order chi connectivity index (χ0) is 28.4. The number of fused-ring (bicyclic) bond motifs is 1. The van der Waals surface area contributed by atoms with Crippen LogP contribution in [0.15, 0.2) is 48.5 Å². The number of aromatic nitrogens is 2. The molecule has 0 spiro atoms. The van der Waals surface area contributed by atoms with Gasteiger partial charge in [-0.15, -0.1) is 5.10 Å². The van der Waals surface area contributed by atoms with Gasteiger partial charge in [0.15, 0.2) is 5.82 Å². The fraction of sp³-hybridized carbons (Fsp3) is 0.483. The molecule has 0 bridgehead atoms. The van der Waals surface area contributed by atoms with E-state index < -0.39 is 17.8 Å². The standard InChI is InChI=1S/C29H35F3N6O2/c1-18(2)34-28(40)38-25-13-10-21(29(30,31)32)14-24(25)27(36-38)33-15-26(39)35-22-16-37(17-22)23-11-8-20(9-12-23)19-6-4-3-5-7-19/h3-7,10,13-14,18,20,22-23H,8-9,11-12,15-17H2,1-2H3,(H,33,36)(H,34,40)(H,35,39)/t20-,23+. The molecule has 2 heterocycles. The second kappa shape index (κ2) is 11.5. The number of amides is 2. The molecule has 2 fully saturated rings. The first-order chi connectivity index (χ1) is 19.1. The Morgan fingerprint density at radius 1 is 1.02 bits per heavy atom. The Morgan fingerprint density at radius 2 is 1.73 bits per heavy atom. The first-order valence-corrected chi connectivity index (χ1v) is 13.8. The average Bonchev–Trinajstić information content (AvgIpc) is 3.27. The minimum atomic E-state index is -4.55. The Balaban J connectivity index is 1.15. The molecule has 2 aromatic carbocycles. The van der Waals surface area contributed by atoms with Gasteiger partial charge in [0, 0.05) is 30.6 Å². The molecule has 0 atom stereocenters. The molecule has 0 radical (unpaired) electrons. The molecule has 0 unspecified atom stereocenters. The Morgan fingerprint density at radius 3 is 2.38 bits per heavy atom. The summed E-state index contributed by atoms with van der Waals surface area (Å²) in [6, 6.07) is 13.5. The maximum atomic E-state index is 13.4. The number of likely N-dealkylation sites (tertiary alicyclic amines) is 1. The van der Waals surface area contributed by atoms with Crippen molar-refractivity contribution in [1.29, 1.82) is 0 Å². The third-order valence-corrected chi connectivity index (χ3v) is 7.79. The van der Waals surface area contributed by atoms with Crippen molar-refractivity contribution in [3.05, 3.63) is 59.7 Å². The van der Waals surface area contributed by atoms with Gasteiger partial charge in [-0.1, -0.05) is 30.3 Å². The largest absolute Gasteiger partial charge is 0.416 e. The van der Waals surface area contributed by atoms with E-state index in [1.54, 1.807) is 13.8 Å². The molecule has 214 valence electrons. The zero-order valence-electron chi connectivity index (χ0n) is 22.7. The number of carbonyl (C=O) groups is 2. The van der Waals surface area contributed by atoms with Gasteiger partial charge in [0.1, 0.15) is 0 Å². The summed E-state index contributed by atoms with van der Waals surface area (Å²) in [5.41, 5.74) is 0.768. The van der Waals surface area contributed by atoms with E-state index in [2.05, 4.69) is 50.2 Å². The number of anilines is 1. The van der Waals surface area contributed by atoms with Gasteiger partial charge < -0.3 is 16.0 Å². The zero-order valence-corrected chi connectivity index (χ0v) is 22.7. The summed E-state index contributed by atoms with van der Waals surface area (Å²) in [5, 5.41) is 12.8. The van der Waals surface area contributed by atoms with Crippen LogP contribution in [0.5, 0.6) is 0 Å². The maximum Gasteiger partial charge on any atom is 0.416 e. The predicted octanol–water partition coefficient (Wildman–Crippen LogP) is 4.96. The lowest BCUT2D eigenvalue weighted by molar-refractivity contribution is -0.137. The van der Waals surface area contributed by atoms with E-state index >= 15 is 0 Å². The van der Waals surface area contributed by atoms with Gasteiger partial charge in [-0.25, -0.2) is 4.79 Å². The molecule has 5 rings (SSSR count). The fourth-order valence-corrected chi connectivity index (χ4v) is 5.73.